The van der Waals surface area contributed by atoms with E-state index in [0.717, 1.165) is 51.6 Å². The number of nitro groups is 2. The molecule has 6 aromatic rings. The predicted molar refractivity (Wildman–Crippen MR) is 277 cm³/mol. The Hall–Kier alpha value is -5.93. The number of hydrogen-bond acceptors (Lipinski definition) is 15. The van der Waals surface area contributed by atoms with Gasteiger partial charge >= 0.3 is 56.1 Å². The minimum absolute atomic E-state index is 0. The molecule has 0 unspecified atom stereocenters. The molecule has 0 aliphatic heterocycles. The van der Waals surface area contributed by atoms with Gasteiger partial charge in [-0.05, 0) is 142 Å². The van der Waals surface area contributed by atoms with Crippen LogP contribution in [-0.4, -0.2) is 55.4 Å². The van der Waals surface area contributed by atoms with Crippen LogP contribution in [0.2, 0.25) is 5.02 Å². The Kier molecular flexibility index (Phi) is 32.8. The van der Waals surface area contributed by atoms with Crippen molar-refractivity contribution >= 4 is 82.2 Å². The van der Waals surface area contributed by atoms with Gasteiger partial charge in [-0.15, -0.1) is 5.10 Å². The van der Waals surface area contributed by atoms with Gasteiger partial charge in [-0.1, -0.05) is 41.0 Å². The largest absolute Gasteiger partial charge is 1.00 e. The number of nitro benzene ring substituents is 2. The maximum absolute atomic E-state index is 11.2. The monoisotopic (exact) mass is 1110 g/mol. The minimum atomic E-state index is -3.33. The second kappa shape index (κ2) is 33.6. The number of non-ortho nitro benzene ring substituents is 2. The summed E-state index contributed by atoms with van der Waals surface area (Å²) in [4.78, 5) is 29.0. The molecule has 1 aromatic heterocycles. The van der Waals surface area contributed by atoms with Crippen LogP contribution in [0.25, 0.3) is 11.5 Å². The Morgan fingerprint density at radius 2 is 1.00 bits per heavy atom. The molecular formula is C44H59Cl2CuLiN11O10S2. The second-order valence-electron chi connectivity index (χ2n) is 14.6. The molecule has 0 fully saturated rings. The molecule has 0 spiro atoms. The standard InChI is InChI=1S/C10H12N4O3S.C9H13NO2S.C8H9NO2.C8H11N.C7H6ClNO2.CH5N3O.CH3.ClH.Cu.Li/c1-6-3-4-7(14-18(2,15)16)5-8(6)9-12-13-10(11)17-9;1-7-4-5-9(6-8(7)2)10-13(3,11)12;1-6-3-4-8(9(10)11)5-7(6)2;1-6-3-4-8(9)5-7(6)2;1-5-4-6(9(10)11)2-3-7(5)8;2-1(5)4-3;;;;/h3-5,14H,1-2H3,(H2,11,13);4-6,10H,1-3H3;3-5H,1-2H3;3-5H,9H2,1-2H3;2-4H,1H3;3H2,(H3,2,4,5);1H3;1H;;/q;;;;;;-1;;2*+1/p-1. The van der Waals surface area contributed by atoms with Crippen LogP contribution in [0.4, 0.5) is 39.2 Å². The van der Waals surface area contributed by atoms with Crippen molar-refractivity contribution in [2.75, 3.05) is 33.4 Å². The summed E-state index contributed by atoms with van der Waals surface area (Å²) in [6, 6.07) is 24.9. The Morgan fingerprint density at radius 3 is 1.35 bits per heavy atom. The van der Waals surface area contributed by atoms with Gasteiger partial charge in [-0.2, -0.15) is 0 Å². The molecule has 388 valence electrons. The fourth-order valence-corrected chi connectivity index (χ4v) is 6.07. The normalized spacial score (nSPS) is 9.73. The second-order valence-corrected chi connectivity index (χ2v) is 18.5. The zero-order chi connectivity index (χ0) is 53.4. The summed E-state index contributed by atoms with van der Waals surface area (Å²) in [7, 11) is -2.28. The number of nitrogens with one attached hydrogen (secondary N) is 3. The third-order valence-electron chi connectivity index (χ3n) is 8.75. The smallest absolute Gasteiger partial charge is 1.00 e. The number of anilines is 4. The van der Waals surface area contributed by atoms with Gasteiger partial charge in [0.05, 0.1) is 22.4 Å². The quantitative estimate of drug-likeness (QED) is 0.0183. The zero-order valence-corrected chi connectivity index (χ0v) is 45.3. The molecule has 0 saturated carbocycles. The number of carbonyl (C=O) groups is 1. The fourth-order valence-electron chi connectivity index (χ4n) is 4.84. The number of halogens is 2. The Balaban J connectivity index is -0.000000795. The summed E-state index contributed by atoms with van der Waals surface area (Å²) < 4.78 is 54.0. The first-order valence-corrected chi connectivity index (χ1v) is 24.9. The van der Waals surface area contributed by atoms with E-state index in [4.69, 9.17) is 27.5 Å². The van der Waals surface area contributed by atoms with Gasteiger partial charge in [0, 0.05) is 51.9 Å². The van der Waals surface area contributed by atoms with Gasteiger partial charge in [0.25, 0.3) is 11.4 Å². The minimum Gasteiger partial charge on any atom is 1.00 e. The molecule has 0 atom stereocenters. The summed E-state index contributed by atoms with van der Waals surface area (Å²) >= 11 is 9.32. The number of nitrogen functional groups attached to an aromatic ring is 2. The SMILES string of the molecule is Cc1cc([N+](=O)[O-])ccc1Cl.Cc1ccc(N)cc1C.Cc1ccc(NS(C)(=O)=O)cc1-c1nnc(N)o1.Cc1ccc(NS(C)(=O)=O)cc1C.Cc1ccc([N+](=O)[O-])cc1C.NNC(N)=O.[CH3-].[Cl][Cu].[Li+]. The van der Waals surface area contributed by atoms with Crippen LogP contribution in [-0.2, 0) is 35.1 Å². The van der Waals surface area contributed by atoms with Crippen molar-refractivity contribution in [2.45, 2.75) is 55.4 Å². The van der Waals surface area contributed by atoms with Crippen LogP contribution in [0.15, 0.2) is 95.4 Å². The molecule has 21 nitrogen and oxygen atoms in total. The van der Waals surface area contributed by atoms with E-state index in [0.29, 0.717) is 22.0 Å². The molecule has 2 amide bonds. The van der Waals surface area contributed by atoms with Gasteiger partial charge in [0.1, 0.15) is 0 Å². The van der Waals surface area contributed by atoms with Crippen LogP contribution >= 0.6 is 21.7 Å². The number of carbonyl (C=O) groups excluding carboxylic acids is 1. The van der Waals surface area contributed by atoms with E-state index in [-0.39, 0.29) is 54.5 Å². The Morgan fingerprint density at radius 1 is 0.620 bits per heavy atom. The molecule has 0 radical (unpaired) electrons. The molecule has 0 aliphatic rings. The van der Waals surface area contributed by atoms with Crippen molar-refractivity contribution in [3.05, 3.63) is 168 Å². The fraction of sp³-hybridized carbons (Fsp3) is 0.227. The van der Waals surface area contributed by atoms with Crippen LogP contribution in [0.3, 0.4) is 0 Å². The van der Waals surface area contributed by atoms with Crippen LogP contribution in [0.1, 0.15) is 44.5 Å². The number of urea groups is 1. The van der Waals surface area contributed by atoms with Crippen molar-refractivity contribution in [3.8, 4) is 11.5 Å². The Bertz CT molecular complexity index is 2840. The molecule has 0 bridgehead atoms. The predicted octanol–water partition coefficient (Wildman–Crippen LogP) is 6.00. The van der Waals surface area contributed by atoms with Gasteiger partial charge in [-0.3, -0.25) is 35.1 Å². The third kappa shape index (κ3) is 29.1. The van der Waals surface area contributed by atoms with E-state index in [1.54, 1.807) is 48.7 Å². The first-order chi connectivity index (χ1) is 31.9. The average molecular weight is 1110 g/mol. The molecule has 27 heteroatoms. The van der Waals surface area contributed by atoms with Gasteiger partial charge in [-0.25, -0.2) is 27.5 Å². The number of primary amides is 1. The molecule has 6 rings (SSSR count). The third-order valence-corrected chi connectivity index (χ3v) is 10.4. The Labute approximate surface area is 444 Å². The van der Waals surface area contributed by atoms with Crippen molar-refractivity contribution in [3.63, 3.8) is 0 Å². The van der Waals surface area contributed by atoms with Crippen LogP contribution in [0.5, 0.6) is 0 Å². The summed E-state index contributed by atoms with van der Waals surface area (Å²) in [6.07, 6.45) is 2.22. The first kappa shape index (κ1) is 69.3. The molecule has 5 aromatic carbocycles. The molecular weight excluding hydrogens is 1050 g/mol. The maximum Gasteiger partial charge on any atom is 1.00 e. The molecule has 0 aliphatic carbocycles. The van der Waals surface area contributed by atoms with Crippen molar-refractivity contribution in [1.82, 2.24) is 15.6 Å². The van der Waals surface area contributed by atoms with Gasteiger partial charge in [0.15, 0.2) is 0 Å². The number of amides is 2. The van der Waals surface area contributed by atoms with E-state index in [1.807, 2.05) is 65.0 Å². The van der Waals surface area contributed by atoms with Crippen LogP contribution < -0.4 is 56.8 Å². The number of nitrogens with two attached hydrogens (primary N) is 4. The number of benzene rings is 5. The molecule has 0 saturated heterocycles. The van der Waals surface area contributed by atoms with Crippen molar-refractivity contribution in [1.29, 1.82) is 0 Å². The number of hydrazine groups is 1. The zero-order valence-electron chi connectivity index (χ0n) is 41.2. The van der Waals surface area contributed by atoms with Crippen LogP contribution in [0, 0.1) is 83.0 Å². The summed E-state index contributed by atoms with van der Waals surface area (Å²) in [5, 5.41) is 28.4. The number of rotatable bonds is 7. The van der Waals surface area contributed by atoms with E-state index in [9.17, 15) is 41.9 Å². The molecule has 1 heterocycles. The van der Waals surface area contributed by atoms with Crippen molar-refractivity contribution in [2.24, 2.45) is 11.6 Å². The van der Waals surface area contributed by atoms with E-state index in [1.165, 1.54) is 35.4 Å². The first-order valence-electron chi connectivity index (χ1n) is 19.5. The summed E-state index contributed by atoms with van der Waals surface area (Å²) in [5.41, 5.74) is 28.1. The van der Waals surface area contributed by atoms with E-state index >= 15 is 0 Å². The molecule has 71 heavy (non-hydrogen) atoms. The van der Waals surface area contributed by atoms with Gasteiger partial charge < -0.3 is 29.0 Å². The topological polar surface area (TPSA) is 351 Å². The number of aromatic nitrogens is 2. The molecule has 11 N–H and O–H groups in total. The number of sulfonamides is 2. The van der Waals surface area contributed by atoms with Crippen molar-refractivity contribution < 1.29 is 69.9 Å². The van der Waals surface area contributed by atoms with E-state index in [2.05, 4.69) is 70.3 Å². The summed E-state index contributed by atoms with van der Waals surface area (Å²) in [5.74, 6) is 4.70. The maximum atomic E-state index is 11.2. The number of aryl methyl sites for hydroxylation is 8. The van der Waals surface area contributed by atoms with E-state index < -0.39 is 31.0 Å². The number of nitrogens with zero attached hydrogens (tertiary/aromatic N) is 4. The average Bonchev–Trinajstić information content (AvgIpc) is 3.70. The summed E-state index contributed by atoms with van der Waals surface area (Å²) in [6.45, 7) is 15.4. The van der Waals surface area contributed by atoms with Gasteiger partial charge in [0.2, 0.25) is 25.9 Å². The number of hydrogen-bond donors (Lipinski definition) is 7.